The highest BCUT2D eigenvalue weighted by Crippen LogP contribution is 2.25. The maximum atomic E-state index is 10.7. The van der Waals surface area contributed by atoms with Crippen LogP contribution in [0.2, 0.25) is 0 Å². The van der Waals surface area contributed by atoms with Crippen molar-refractivity contribution in [2.45, 2.75) is 32.5 Å². The summed E-state index contributed by atoms with van der Waals surface area (Å²) in [5.41, 5.74) is 12.4. The van der Waals surface area contributed by atoms with Crippen LogP contribution in [0.5, 0.6) is 0 Å². The molecule has 0 bridgehead atoms. The van der Waals surface area contributed by atoms with E-state index in [4.69, 9.17) is 11.5 Å². The SMILES string of the molecule is CC(=O)NCCC(O)C(O)c1cc(N)c(N)nc1C. The van der Waals surface area contributed by atoms with Gasteiger partial charge in [0, 0.05) is 24.7 Å². The smallest absolute Gasteiger partial charge is 0.216 e. The molecule has 19 heavy (non-hydrogen) atoms. The van der Waals surface area contributed by atoms with Crippen molar-refractivity contribution in [2.75, 3.05) is 18.0 Å². The molecule has 7 N–H and O–H groups in total. The van der Waals surface area contributed by atoms with E-state index in [1.54, 1.807) is 6.92 Å². The third-order valence-electron chi connectivity index (χ3n) is 2.81. The summed E-state index contributed by atoms with van der Waals surface area (Å²) in [6.45, 7) is 3.34. The summed E-state index contributed by atoms with van der Waals surface area (Å²) in [5.74, 6) is 0.0115. The van der Waals surface area contributed by atoms with Crippen molar-refractivity contribution in [1.29, 1.82) is 0 Å². The third kappa shape index (κ3) is 4.08. The fraction of sp³-hybridized carbons (Fsp3) is 0.500. The highest BCUT2D eigenvalue weighted by atomic mass is 16.3. The Bertz CT molecular complexity index is 465. The lowest BCUT2D eigenvalue weighted by atomic mass is 10.0. The summed E-state index contributed by atoms with van der Waals surface area (Å²) in [6, 6.07) is 1.50. The van der Waals surface area contributed by atoms with E-state index in [-0.39, 0.29) is 30.4 Å². The van der Waals surface area contributed by atoms with E-state index in [1.165, 1.54) is 13.0 Å². The van der Waals surface area contributed by atoms with E-state index < -0.39 is 12.2 Å². The van der Waals surface area contributed by atoms with Gasteiger partial charge in [-0.05, 0) is 19.4 Å². The van der Waals surface area contributed by atoms with Gasteiger partial charge in [0.25, 0.3) is 0 Å². The number of nitrogens with two attached hydrogens (primary N) is 2. The van der Waals surface area contributed by atoms with Crippen LogP contribution in [0, 0.1) is 6.92 Å². The number of nitrogens with zero attached hydrogens (tertiary/aromatic N) is 1. The number of nitrogen functional groups attached to an aromatic ring is 2. The second-order valence-electron chi connectivity index (χ2n) is 4.42. The lowest BCUT2D eigenvalue weighted by Gasteiger charge is -2.20. The second-order valence-corrected chi connectivity index (χ2v) is 4.42. The molecule has 1 aromatic rings. The van der Waals surface area contributed by atoms with E-state index >= 15 is 0 Å². The van der Waals surface area contributed by atoms with Crippen molar-refractivity contribution in [2.24, 2.45) is 0 Å². The lowest BCUT2D eigenvalue weighted by Crippen LogP contribution is -2.28. The number of aromatic nitrogens is 1. The molecule has 2 unspecified atom stereocenters. The number of pyridine rings is 1. The van der Waals surface area contributed by atoms with E-state index in [1.807, 2.05) is 0 Å². The van der Waals surface area contributed by atoms with Gasteiger partial charge >= 0.3 is 0 Å². The van der Waals surface area contributed by atoms with Crippen LogP contribution in [0.15, 0.2) is 6.07 Å². The largest absolute Gasteiger partial charge is 0.396 e. The Labute approximate surface area is 111 Å². The molecule has 106 valence electrons. The molecule has 1 heterocycles. The van der Waals surface area contributed by atoms with Crippen LogP contribution in [0.4, 0.5) is 11.5 Å². The van der Waals surface area contributed by atoms with Crippen LogP contribution in [0.3, 0.4) is 0 Å². The first-order valence-corrected chi connectivity index (χ1v) is 5.96. The zero-order valence-corrected chi connectivity index (χ0v) is 11.1. The summed E-state index contributed by atoms with van der Waals surface area (Å²) in [7, 11) is 0. The fourth-order valence-electron chi connectivity index (χ4n) is 1.72. The quantitative estimate of drug-likeness (QED) is 0.487. The van der Waals surface area contributed by atoms with Crippen LogP contribution < -0.4 is 16.8 Å². The number of aliphatic hydroxyl groups excluding tert-OH is 2. The minimum absolute atomic E-state index is 0.184. The zero-order chi connectivity index (χ0) is 14.6. The number of amides is 1. The van der Waals surface area contributed by atoms with Crippen LogP contribution >= 0.6 is 0 Å². The molecular weight excluding hydrogens is 248 g/mol. The van der Waals surface area contributed by atoms with E-state index in [0.29, 0.717) is 11.3 Å². The standard InChI is InChI=1S/C12H20N4O3/c1-6-8(5-9(13)12(14)16-6)11(19)10(18)3-4-15-7(2)17/h5,10-11,18-19H,3-4,13H2,1-2H3,(H2,14,16)(H,15,17). The summed E-state index contributed by atoms with van der Waals surface area (Å²) in [6.07, 6.45) is -1.91. The summed E-state index contributed by atoms with van der Waals surface area (Å²) in [4.78, 5) is 14.7. The van der Waals surface area contributed by atoms with Gasteiger partial charge in [0.2, 0.25) is 5.91 Å². The summed E-state index contributed by atoms with van der Waals surface area (Å²) < 4.78 is 0. The predicted molar refractivity (Wildman–Crippen MR) is 72.1 cm³/mol. The number of carbonyl (C=O) groups excluding carboxylic acids is 1. The Hall–Kier alpha value is -1.86. The Balaban J connectivity index is 2.73. The Morgan fingerprint density at radius 2 is 2.11 bits per heavy atom. The highest BCUT2D eigenvalue weighted by molar-refractivity contribution is 5.72. The topological polar surface area (TPSA) is 134 Å². The van der Waals surface area contributed by atoms with Gasteiger partial charge in [0.15, 0.2) is 0 Å². The Morgan fingerprint density at radius 3 is 2.68 bits per heavy atom. The zero-order valence-electron chi connectivity index (χ0n) is 11.1. The van der Waals surface area contributed by atoms with E-state index in [2.05, 4.69) is 10.3 Å². The van der Waals surface area contributed by atoms with Crippen LogP contribution in [0.25, 0.3) is 0 Å². The number of rotatable bonds is 5. The highest BCUT2D eigenvalue weighted by Gasteiger charge is 2.21. The number of anilines is 2. The Morgan fingerprint density at radius 1 is 1.47 bits per heavy atom. The number of aryl methyl sites for hydroxylation is 1. The molecule has 0 radical (unpaired) electrons. The summed E-state index contributed by atoms with van der Waals surface area (Å²) in [5, 5.41) is 22.5. The molecule has 1 aromatic heterocycles. The van der Waals surface area contributed by atoms with Gasteiger partial charge in [-0.15, -0.1) is 0 Å². The van der Waals surface area contributed by atoms with Gasteiger partial charge in [-0.1, -0.05) is 0 Å². The van der Waals surface area contributed by atoms with Crippen LogP contribution in [-0.4, -0.2) is 33.8 Å². The fourth-order valence-corrected chi connectivity index (χ4v) is 1.72. The molecule has 0 spiro atoms. The average molecular weight is 268 g/mol. The van der Waals surface area contributed by atoms with Crippen molar-refractivity contribution < 1.29 is 15.0 Å². The second kappa shape index (κ2) is 6.35. The molecular formula is C12H20N4O3. The molecule has 0 saturated heterocycles. The molecule has 0 fully saturated rings. The third-order valence-corrected chi connectivity index (χ3v) is 2.81. The van der Waals surface area contributed by atoms with Crippen LogP contribution in [0.1, 0.15) is 30.7 Å². The minimum atomic E-state index is -1.12. The normalized spacial score (nSPS) is 13.9. The molecule has 7 heteroatoms. The van der Waals surface area contributed by atoms with Crippen molar-refractivity contribution in [3.63, 3.8) is 0 Å². The lowest BCUT2D eigenvalue weighted by molar-refractivity contribution is -0.119. The van der Waals surface area contributed by atoms with Crippen molar-refractivity contribution >= 4 is 17.4 Å². The van der Waals surface area contributed by atoms with Crippen molar-refractivity contribution in [3.8, 4) is 0 Å². The molecule has 1 amide bonds. The molecule has 1 rings (SSSR count). The number of hydrogen-bond donors (Lipinski definition) is 5. The molecule has 0 aliphatic rings. The first-order chi connectivity index (χ1) is 8.82. The van der Waals surface area contributed by atoms with Gasteiger partial charge < -0.3 is 27.0 Å². The van der Waals surface area contributed by atoms with Gasteiger partial charge in [0.1, 0.15) is 11.9 Å². The maximum Gasteiger partial charge on any atom is 0.216 e. The number of hydrogen-bond acceptors (Lipinski definition) is 6. The number of carbonyl (C=O) groups is 1. The first-order valence-electron chi connectivity index (χ1n) is 5.96. The summed E-state index contributed by atoms with van der Waals surface area (Å²) >= 11 is 0. The van der Waals surface area contributed by atoms with E-state index in [0.717, 1.165) is 0 Å². The maximum absolute atomic E-state index is 10.7. The minimum Gasteiger partial charge on any atom is -0.396 e. The average Bonchev–Trinajstić information content (AvgIpc) is 2.32. The van der Waals surface area contributed by atoms with Crippen LogP contribution in [-0.2, 0) is 4.79 Å². The molecule has 0 aromatic carbocycles. The number of nitrogens with one attached hydrogen (secondary N) is 1. The Kier molecular flexibility index (Phi) is 5.08. The molecule has 0 aliphatic carbocycles. The van der Waals surface area contributed by atoms with Gasteiger partial charge in [-0.2, -0.15) is 0 Å². The van der Waals surface area contributed by atoms with Gasteiger partial charge in [0.05, 0.1) is 11.8 Å². The molecule has 7 nitrogen and oxygen atoms in total. The number of aliphatic hydroxyl groups is 2. The molecule has 2 atom stereocenters. The molecule has 0 saturated carbocycles. The monoisotopic (exact) mass is 268 g/mol. The van der Waals surface area contributed by atoms with E-state index in [9.17, 15) is 15.0 Å². The first kappa shape index (κ1) is 15.2. The molecule has 0 aliphatic heterocycles. The van der Waals surface area contributed by atoms with Crippen molar-refractivity contribution in [3.05, 3.63) is 17.3 Å². The van der Waals surface area contributed by atoms with Crippen molar-refractivity contribution in [1.82, 2.24) is 10.3 Å². The van der Waals surface area contributed by atoms with Gasteiger partial charge in [-0.25, -0.2) is 4.98 Å². The van der Waals surface area contributed by atoms with Gasteiger partial charge in [-0.3, -0.25) is 4.79 Å². The predicted octanol–water partition coefficient (Wildman–Crippen LogP) is -0.525.